The fourth-order valence-electron chi connectivity index (χ4n) is 2.15. The van der Waals surface area contributed by atoms with Crippen LogP contribution in [-0.2, 0) is 6.54 Å². The number of nitrogens with zero attached hydrogens (tertiary/aromatic N) is 4. The van der Waals surface area contributed by atoms with Gasteiger partial charge >= 0.3 is 0 Å². The number of fused-ring (bicyclic) bond motifs is 1. The maximum absolute atomic E-state index is 13.8. The average molecular weight is 421 g/mol. The highest BCUT2D eigenvalue weighted by Crippen LogP contribution is 2.27. The van der Waals surface area contributed by atoms with Crippen LogP contribution in [0.5, 0.6) is 0 Å². The monoisotopic (exact) mass is 420 g/mol. The second-order valence-corrected chi connectivity index (χ2v) is 6.48. The summed E-state index contributed by atoms with van der Waals surface area (Å²) in [6.45, 7) is 3.87. The minimum Gasteiger partial charge on any atom is -0.337 e. The quantitative estimate of drug-likeness (QED) is 0.477. The van der Waals surface area contributed by atoms with Crippen molar-refractivity contribution in [3.05, 3.63) is 39.1 Å². The molecule has 21 heavy (non-hydrogen) atoms. The number of benzene rings is 1. The van der Waals surface area contributed by atoms with Crippen molar-refractivity contribution in [3.8, 4) is 0 Å². The Morgan fingerprint density at radius 1 is 1.43 bits per heavy atom. The van der Waals surface area contributed by atoms with E-state index in [2.05, 4.69) is 15.1 Å². The van der Waals surface area contributed by atoms with Crippen molar-refractivity contribution in [1.29, 1.82) is 0 Å². The maximum atomic E-state index is 13.8. The van der Waals surface area contributed by atoms with Gasteiger partial charge in [0, 0.05) is 6.07 Å². The van der Waals surface area contributed by atoms with Crippen molar-refractivity contribution >= 4 is 45.2 Å². The minimum absolute atomic E-state index is 0.292. The average Bonchev–Trinajstić information content (AvgIpc) is 2.96. The molecular weight excluding hydrogens is 410 g/mol. The number of rotatable bonds is 3. The van der Waals surface area contributed by atoms with E-state index in [0.29, 0.717) is 38.7 Å². The van der Waals surface area contributed by atoms with Crippen LogP contribution in [0.1, 0.15) is 29.8 Å². The van der Waals surface area contributed by atoms with Gasteiger partial charge in [-0.1, -0.05) is 5.16 Å². The molecule has 0 aliphatic heterocycles. The van der Waals surface area contributed by atoms with Gasteiger partial charge in [-0.2, -0.15) is 4.98 Å². The lowest BCUT2D eigenvalue weighted by molar-refractivity contribution is 0.367. The van der Waals surface area contributed by atoms with Crippen LogP contribution in [0.4, 0.5) is 4.39 Å². The first-order chi connectivity index (χ1) is 9.95. The predicted molar refractivity (Wildman–Crippen MR) is 84.8 cm³/mol. The first kappa shape index (κ1) is 14.7. The number of hydrogen-bond donors (Lipinski definition) is 0. The summed E-state index contributed by atoms with van der Waals surface area (Å²) in [5.74, 6) is 1.34. The van der Waals surface area contributed by atoms with Gasteiger partial charge in [-0.3, -0.25) is 0 Å². The van der Waals surface area contributed by atoms with Gasteiger partial charge in [-0.05, 0) is 42.5 Å². The van der Waals surface area contributed by atoms with Gasteiger partial charge in [0.2, 0.25) is 5.89 Å². The van der Waals surface area contributed by atoms with E-state index in [9.17, 15) is 4.39 Å². The Morgan fingerprint density at radius 3 is 2.81 bits per heavy atom. The molecule has 5 nitrogen and oxygen atoms in total. The molecule has 0 aliphatic carbocycles. The van der Waals surface area contributed by atoms with Crippen LogP contribution >= 0.6 is 34.2 Å². The van der Waals surface area contributed by atoms with Gasteiger partial charge < -0.3 is 9.09 Å². The Hall–Kier alpha value is -1.22. The van der Waals surface area contributed by atoms with Gasteiger partial charge in [0.05, 0.1) is 20.0 Å². The molecule has 0 bridgehead atoms. The van der Waals surface area contributed by atoms with E-state index in [-0.39, 0.29) is 11.2 Å². The van der Waals surface area contributed by atoms with Crippen LogP contribution in [0.2, 0.25) is 0 Å². The molecule has 110 valence electrons. The number of aryl methyl sites for hydroxylation is 1. The summed E-state index contributed by atoms with van der Waals surface area (Å²) in [4.78, 5) is 8.65. The predicted octanol–water partition coefficient (Wildman–Crippen LogP) is 3.82. The van der Waals surface area contributed by atoms with Gasteiger partial charge in [-0.15, -0.1) is 11.6 Å². The summed E-state index contributed by atoms with van der Waals surface area (Å²) in [5, 5.41) is 3.44. The zero-order chi connectivity index (χ0) is 15.1. The Bertz CT molecular complexity index is 814. The lowest BCUT2D eigenvalue weighted by atomic mass is 10.3. The van der Waals surface area contributed by atoms with E-state index in [0.717, 1.165) is 0 Å². The third-order valence-corrected chi connectivity index (χ3v) is 4.06. The summed E-state index contributed by atoms with van der Waals surface area (Å²) in [6, 6.07) is 3.15. The molecule has 2 heterocycles. The molecule has 3 rings (SSSR count). The number of hydrogen-bond acceptors (Lipinski definition) is 4. The van der Waals surface area contributed by atoms with E-state index >= 15 is 0 Å². The number of halogens is 3. The van der Waals surface area contributed by atoms with Crippen LogP contribution in [-0.4, -0.2) is 19.7 Å². The zero-order valence-electron chi connectivity index (χ0n) is 11.3. The summed E-state index contributed by atoms with van der Waals surface area (Å²) in [7, 11) is 0. The Kier molecular flexibility index (Phi) is 3.87. The summed E-state index contributed by atoms with van der Waals surface area (Å²) < 4.78 is 21.3. The van der Waals surface area contributed by atoms with Crippen LogP contribution in [0.25, 0.3) is 11.0 Å². The smallest absolute Gasteiger partial charge is 0.246 e. The van der Waals surface area contributed by atoms with E-state index in [1.54, 1.807) is 17.6 Å². The van der Waals surface area contributed by atoms with Gasteiger partial charge in [0.15, 0.2) is 5.82 Å². The normalized spacial score (nSPS) is 13.0. The van der Waals surface area contributed by atoms with Gasteiger partial charge in [-0.25, -0.2) is 9.37 Å². The lowest BCUT2D eigenvalue weighted by Crippen LogP contribution is -2.06. The topological polar surface area (TPSA) is 56.7 Å². The van der Waals surface area contributed by atoms with Crippen molar-refractivity contribution in [2.24, 2.45) is 0 Å². The summed E-state index contributed by atoms with van der Waals surface area (Å²) in [6.07, 6.45) is 0. The third-order valence-electron chi connectivity index (χ3n) is 3.04. The molecule has 8 heteroatoms. The fraction of sp³-hybridized carbons (Fsp3) is 0.308. The summed E-state index contributed by atoms with van der Waals surface area (Å²) in [5.41, 5.74) is 1.35. The van der Waals surface area contributed by atoms with Crippen molar-refractivity contribution in [2.45, 2.75) is 25.8 Å². The number of aromatic nitrogens is 4. The fourth-order valence-corrected chi connectivity index (χ4v) is 2.77. The van der Waals surface area contributed by atoms with Crippen LogP contribution in [0, 0.1) is 16.3 Å². The molecule has 3 aromatic rings. The van der Waals surface area contributed by atoms with Crippen molar-refractivity contribution in [1.82, 2.24) is 19.7 Å². The highest BCUT2D eigenvalue weighted by atomic mass is 127. The Balaban J connectivity index is 2.17. The largest absolute Gasteiger partial charge is 0.337 e. The standard InChI is InChI=1S/C13H11ClFIN4O/c1-6(14)13-18-10-4-9(16)8(15)3-11(10)20(13)5-12-17-7(2)19-21-12/h3-4,6H,5H2,1-2H3. The molecule has 1 atom stereocenters. The highest BCUT2D eigenvalue weighted by Gasteiger charge is 2.18. The Morgan fingerprint density at radius 2 is 2.19 bits per heavy atom. The SMILES string of the molecule is Cc1noc(Cn2c(C(C)Cl)nc3cc(I)c(F)cc32)n1. The molecule has 0 radical (unpaired) electrons. The van der Waals surface area contributed by atoms with Gasteiger partial charge in [0.1, 0.15) is 18.2 Å². The van der Waals surface area contributed by atoms with E-state index in [1.165, 1.54) is 6.07 Å². The molecule has 1 unspecified atom stereocenters. The van der Waals surface area contributed by atoms with Crippen molar-refractivity contribution in [3.63, 3.8) is 0 Å². The second-order valence-electron chi connectivity index (χ2n) is 4.66. The zero-order valence-corrected chi connectivity index (χ0v) is 14.2. The lowest BCUT2D eigenvalue weighted by Gasteiger charge is -2.07. The third kappa shape index (κ3) is 2.76. The van der Waals surface area contributed by atoms with Crippen LogP contribution in [0.15, 0.2) is 16.7 Å². The number of alkyl halides is 1. The molecule has 0 fully saturated rings. The molecular formula is C13H11ClFIN4O. The van der Waals surface area contributed by atoms with E-state index in [4.69, 9.17) is 16.1 Å². The van der Waals surface area contributed by atoms with Crippen molar-refractivity contribution < 1.29 is 8.91 Å². The van der Waals surface area contributed by atoms with Crippen LogP contribution < -0.4 is 0 Å². The molecule has 0 saturated heterocycles. The number of imidazole rings is 1. The van der Waals surface area contributed by atoms with E-state index < -0.39 is 0 Å². The first-order valence-corrected chi connectivity index (χ1v) is 7.75. The van der Waals surface area contributed by atoms with Crippen LogP contribution in [0.3, 0.4) is 0 Å². The van der Waals surface area contributed by atoms with Crippen molar-refractivity contribution in [2.75, 3.05) is 0 Å². The maximum Gasteiger partial charge on any atom is 0.246 e. The molecule has 0 amide bonds. The molecule has 2 aromatic heterocycles. The Labute approximate surface area is 138 Å². The molecule has 0 N–H and O–H groups in total. The minimum atomic E-state index is -0.317. The van der Waals surface area contributed by atoms with Gasteiger partial charge in [0.25, 0.3) is 0 Å². The highest BCUT2D eigenvalue weighted by molar-refractivity contribution is 14.1. The van der Waals surface area contributed by atoms with E-state index in [1.807, 2.05) is 29.5 Å². The molecule has 1 aromatic carbocycles. The molecule has 0 spiro atoms. The second kappa shape index (κ2) is 5.53. The molecule has 0 aliphatic rings. The molecule has 0 saturated carbocycles. The first-order valence-electron chi connectivity index (χ1n) is 6.24. The summed E-state index contributed by atoms with van der Waals surface area (Å²) >= 11 is 8.12.